The highest BCUT2D eigenvalue weighted by molar-refractivity contribution is 5.92. The summed E-state index contributed by atoms with van der Waals surface area (Å²) in [4.78, 5) is 34.4. The van der Waals surface area contributed by atoms with Crippen LogP contribution in [-0.2, 0) is 22.6 Å². The Kier molecular flexibility index (Phi) is 5.38. The third-order valence-electron chi connectivity index (χ3n) is 4.50. The zero-order valence-electron chi connectivity index (χ0n) is 14.3. The molecule has 0 radical (unpaired) electrons. The molecule has 0 aromatic carbocycles. The topological polar surface area (TPSA) is 75.2 Å². The lowest BCUT2D eigenvalue weighted by Gasteiger charge is -2.17. The summed E-state index contributed by atoms with van der Waals surface area (Å²) < 4.78 is 0. The van der Waals surface area contributed by atoms with Gasteiger partial charge in [-0.25, -0.2) is 0 Å². The molecule has 3 rings (SSSR count). The van der Waals surface area contributed by atoms with E-state index in [0.717, 1.165) is 17.5 Å². The predicted octanol–water partition coefficient (Wildman–Crippen LogP) is 1.43. The lowest BCUT2D eigenvalue weighted by molar-refractivity contribution is -0.133. The number of likely N-dealkylation sites (N-methyl/N-ethyl adjacent to an activating group) is 1. The molecule has 0 bridgehead atoms. The fourth-order valence-electron chi connectivity index (χ4n) is 2.82. The van der Waals surface area contributed by atoms with E-state index in [1.54, 1.807) is 36.7 Å². The summed E-state index contributed by atoms with van der Waals surface area (Å²) >= 11 is 0. The standard InChI is InChI=1S/C19H22N4O2/c1-23(10-6-14-4-8-20-9-5-14)19(25)17-11-16(17)18(24)22-13-15-3-2-7-21-12-15/h2-5,7-9,12,16-17H,6,10-11,13H2,1H3,(H,22,24). The van der Waals surface area contributed by atoms with Crippen LogP contribution in [0.25, 0.3) is 0 Å². The Labute approximate surface area is 147 Å². The van der Waals surface area contributed by atoms with Gasteiger partial charge >= 0.3 is 0 Å². The summed E-state index contributed by atoms with van der Waals surface area (Å²) in [6.45, 7) is 1.09. The van der Waals surface area contributed by atoms with Gasteiger partial charge in [-0.1, -0.05) is 6.07 Å². The van der Waals surface area contributed by atoms with Crippen molar-refractivity contribution in [3.05, 3.63) is 60.2 Å². The quantitative estimate of drug-likeness (QED) is 0.829. The zero-order chi connectivity index (χ0) is 17.6. The lowest BCUT2D eigenvalue weighted by Crippen LogP contribution is -2.32. The first-order chi connectivity index (χ1) is 12.1. The zero-order valence-corrected chi connectivity index (χ0v) is 14.3. The van der Waals surface area contributed by atoms with E-state index in [1.165, 1.54) is 0 Å². The van der Waals surface area contributed by atoms with Crippen molar-refractivity contribution in [2.45, 2.75) is 19.4 Å². The minimum absolute atomic E-state index is 0.0512. The summed E-state index contributed by atoms with van der Waals surface area (Å²) in [5, 5.41) is 2.89. The molecule has 2 atom stereocenters. The number of nitrogens with one attached hydrogen (secondary N) is 1. The average molecular weight is 338 g/mol. The number of aromatic nitrogens is 2. The number of carbonyl (C=O) groups is 2. The molecule has 2 aromatic heterocycles. The number of rotatable bonds is 7. The van der Waals surface area contributed by atoms with Gasteiger partial charge in [-0.2, -0.15) is 0 Å². The molecule has 1 N–H and O–H groups in total. The van der Waals surface area contributed by atoms with E-state index in [0.29, 0.717) is 19.5 Å². The highest BCUT2D eigenvalue weighted by atomic mass is 16.2. The molecule has 1 fully saturated rings. The second kappa shape index (κ2) is 7.88. The number of nitrogens with zero attached hydrogens (tertiary/aromatic N) is 3. The highest BCUT2D eigenvalue weighted by Crippen LogP contribution is 2.40. The summed E-state index contributed by atoms with van der Waals surface area (Å²) in [5.74, 6) is -0.385. The third-order valence-corrected chi connectivity index (χ3v) is 4.50. The Morgan fingerprint density at radius 2 is 1.92 bits per heavy atom. The van der Waals surface area contributed by atoms with Gasteiger partial charge in [-0.05, 0) is 42.2 Å². The van der Waals surface area contributed by atoms with Crippen molar-refractivity contribution >= 4 is 11.8 Å². The Bertz CT molecular complexity index is 721. The van der Waals surface area contributed by atoms with Gasteiger partial charge in [0.25, 0.3) is 0 Å². The van der Waals surface area contributed by atoms with Crippen LogP contribution in [0.15, 0.2) is 49.1 Å². The molecule has 0 spiro atoms. The number of amides is 2. The Balaban J connectivity index is 1.42. The first-order valence-corrected chi connectivity index (χ1v) is 8.45. The van der Waals surface area contributed by atoms with Crippen LogP contribution in [0.1, 0.15) is 17.5 Å². The molecule has 1 aliphatic rings. The van der Waals surface area contributed by atoms with Crippen LogP contribution in [0.3, 0.4) is 0 Å². The maximum atomic E-state index is 12.4. The fraction of sp³-hybridized carbons (Fsp3) is 0.368. The van der Waals surface area contributed by atoms with Gasteiger partial charge in [0, 0.05) is 44.9 Å². The Hall–Kier alpha value is -2.76. The molecular weight excluding hydrogens is 316 g/mol. The molecule has 1 aliphatic carbocycles. The average Bonchev–Trinajstić information content (AvgIpc) is 3.46. The highest BCUT2D eigenvalue weighted by Gasteiger charge is 2.48. The Morgan fingerprint density at radius 3 is 2.64 bits per heavy atom. The molecular formula is C19H22N4O2. The number of hydrogen-bond acceptors (Lipinski definition) is 4. The van der Waals surface area contributed by atoms with Crippen LogP contribution in [0, 0.1) is 11.8 Å². The molecule has 2 aromatic rings. The summed E-state index contributed by atoms with van der Waals surface area (Å²) in [6, 6.07) is 7.65. The molecule has 2 heterocycles. The molecule has 0 aliphatic heterocycles. The third kappa shape index (κ3) is 4.62. The van der Waals surface area contributed by atoms with Gasteiger partial charge in [0.15, 0.2) is 0 Å². The van der Waals surface area contributed by atoms with Crippen molar-refractivity contribution in [1.29, 1.82) is 0 Å². The predicted molar refractivity (Wildman–Crippen MR) is 93.3 cm³/mol. The first kappa shape index (κ1) is 17.1. The smallest absolute Gasteiger partial charge is 0.226 e. The SMILES string of the molecule is CN(CCc1ccncc1)C(=O)C1CC1C(=O)NCc1cccnc1. The lowest BCUT2D eigenvalue weighted by atomic mass is 10.2. The van der Waals surface area contributed by atoms with Gasteiger partial charge in [-0.15, -0.1) is 0 Å². The van der Waals surface area contributed by atoms with E-state index in [-0.39, 0.29) is 23.7 Å². The van der Waals surface area contributed by atoms with Crippen molar-refractivity contribution in [3.8, 4) is 0 Å². The monoisotopic (exact) mass is 338 g/mol. The van der Waals surface area contributed by atoms with E-state index in [9.17, 15) is 9.59 Å². The second-order valence-corrected chi connectivity index (χ2v) is 6.39. The summed E-state index contributed by atoms with van der Waals surface area (Å²) in [7, 11) is 1.80. The molecule has 130 valence electrons. The maximum absolute atomic E-state index is 12.4. The molecule has 2 unspecified atom stereocenters. The van der Waals surface area contributed by atoms with Crippen LogP contribution in [-0.4, -0.2) is 40.3 Å². The van der Waals surface area contributed by atoms with E-state index < -0.39 is 0 Å². The van der Waals surface area contributed by atoms with Crippen LogP contribution < -0.4 is 5.32 Å². The summed E-state index contributed by atoms with van der Waals surface area (Å²) in [6.07, 6.45) is 8.35. The minimum atomic E-state index is -0.201. The van der Waals surface area contributed by atoms with Crippen molar-refractivity contribution in [1.82, 2.24) is 20.2 Å². The largest absolute Gasteiger partial charge is 0.352 e. The van der Waals surface area contributed by atoms with Gasteiger partial charge in [0.1, 0.15) is 0 Å². The fourth-order valence-corrected chi connectivity index (χ4v) is 2.82. The summed E-state index contributed by atoms with van der Waals surface area (Å²) in [5.41, 5.74) is 2.10. The molecule has 2 amide bonds. The van der Waals surface area contributed by atoms with Crippen molar-refractivity contribution in [2.75, 3.05) is 13.6 Å². The van der Waals surface area contributed by atoms with Crippen molar-refractivity contribution < 1.29 is 9.59 Å². The van der Waals surface area contributed by atoms with Crippen molar-refractivity contribution in [2.24, 2.45) is 11.8 Å². The van der Waals surface area contributed by atoms with Gasteiger partial charge in [0.05, 0.1) is 11.8 Å². The van der Waals surface area contributed by atoms with Crippen LogP contribution in [0.2, 0.25) is 0 Å². The minimum Gasteiger partial charge on any atom is -0.352 e. The van der Waals surface area contributed by atoms with Crippen LogP contribution in [0.4, 0.5) is 0 Å². The van der Waals surface area contributed by atoms with Crippen molar-refractivity contribution in [3.63, 3.8) is 0 Å². The second-order valence-electron chi connectivity index (χ2n) is 6.39. The van der Waals surface area contributed by atoms with E-state index in [1.807, 2.05) is 24.3 Å². The van der Waals surface area contributed by atoms with Gasteiger partial charge in [-0.3, -0.25) is 19.6 Å². The molecule has 0 saturated heterocycles. The van der Waals surface area contributed by atoms with Gasteiger partial charge in [0.2, 0.25) is 11.8 Å². The molecule has 25 heavy (non-hydrogen) atoms. The van der Waals surface area contributed by atoms with E-state index in [2.05, 4.69) is 15.3 Å². The first-order valence-electron chi connectivity index (χ1n) is 8.45. The number of carbonyl (C=O) groups excluding carboxylic acids is 2. The molecule has 1 saturated carbocycles. The Morgan fingerprint density at radius 1 is 1.12 bits per heavy atom. The molecule has 6 heteroatoms. The number of pyridine rings is 2. The number of hydrogen-bond donors (Lipinski definition) is 1. The van der Waals surface area contributed by atoms with Crippen LogP contribution in [0.5, 0.6) is 0 Å². The maximum Gasteiger partial charge on any atom is 0.226 e. The van der Waals surface area contributed by atoms with Crippen LogP contribution >= 0.6 is 0 Å². The van der Waals surface area contributed by atoms with E-state index >= 15 is 0 Å². The molecule has 6 nitrogen and oxygen atoms in total. The van der Waals surface area contributed by atoms with Gasteiger partial charge < -0.3 is 10.2 Å². The van der Waals surface area contributed by atoms with E-state index in [4.69, 9.17) is 0 Å². The normalized spacial score (nSPS) is 18.4.